The average Bonchev–Trinajstić information content (AvgIpc) is 3.06. The van der Waals surface area contributed by atoms with E-state index in [0.29, 0.717) is 19.3 Å². The normalized spacial score (nSPS) is 20.1. The van der Waals surface area contributed by atoms with Gasteiger partial charge in [-0.3, -0.25) is 19.3 Å². The van der Waals surface area contributed by atoms with E-state index in [1.165, 1.54) is 0 Å². The van der Waals surface area contributed by atoms with E-state index in [0.717, 1.165) is 55.6 Å². The Bertz CT molecular complexity index is 666. The Morgan fingerprint density at radius 2 is 1.77 bits per heavy atom. The van der Waals surface area contributed by atoms with Crippen molar-refractivity contribution in [1.29, 1.82) is 0 Å². The second-order valence-electron chi connectivity index (χ2n) is 8.82. The molecule has 1 aliphatic heterocycles. The molecule has 8 heteroatoms. The predicted molar refractivity (Wildman–Crippen MR) is 115 cm³/mol. The first-order valence-electron chi connectivity index (χ1n) is 11.5. The van der Waals surface area contributed by atoms with E-state index in [-0.39, 0.29) is 5.92 Å². The van der Waals surface area contributed by atoms with Crippen molar-refractivity contribution in [2.24, 2.45) is 5.92 Å². The van der Waals surface area contributed by atoms with Gasteiger partial charge in [0.1, 0.15) is 6.04 Å². The fraction of sp³-hybridized carbons (Fsp3) is 0.739. The Kier molecular flexibility index (Phi) is 9.68. The summed E-state index contributed by atoms with van der Waals surface area (Å²) in [6.45, 7) is 5.34. The first-order chi connectivity index (χ1) is 14.7. The minimum absolute atomic E-state index is 0.284. The van der Waals surface area contributed by atoms with Crippen LogP contribution in [0.5, 0.6) is 0 Å². The summed E-state index contributed by atoms with van der Waals surface area (Å²) in [7, 11) is 0. The number of esters is 1. The molecule has 174 valence electrons. The predicted octanol–water partition coefficient (Wildman–Crippen LogP) is 2.24. The number of carbonyl (C=O) groups is 4. The number of hydrogen-bond acceptors (Lipinski definition) is 6. The van der Waals surface area contributed by atoms with Crippen LogP contribution in [0.3, 0.4) is 0 Å². The van der Waals surface area contributed by atoms with Gasteiger partial charge in [0, 0.05) is 12.2 Å². The second kappa shape index (κ2) is 12.0. The van der Waals surface area contributed by atoms with Gasteiger partial charge >= 0.3 is 5.97 Å². The molecule has 1 aliphatic carbocycles. The zero-order valence-corrected chi connectivity index (χ0v) is 18.8. The summed E-state index contributed by atoms with van der Waals surface area (Å²) in [6, 6.07) is -1.82. The number of rotatable bonds is 11. The molecule has 0 radical (unpaired) electrons. The van der Waals surface area contributed by atoms with Crippen LogP contribution in [0.2, 0.25) is 0 Å². The third kappa shape index (κ3) is 7.16. The Morgan fingerprint density at radius 3 is 2.32 bits per heavy atom. The number of nitrogens with one attached hydrogen (secondary N) is 1. The molecule has 8 nitrogen and oxygen atoms in total. The Morgan fingerprint density at radius 1 is 1.16 bits per heavy atom. The lowest BCUT2D eigenvalue weighted by molar-refractivity contribution is -0.160. The zero-order valence-electron chi connectivity index (χ0n) is 18.8. The molecule has 31 heavy (non-hydrogen) atoms. The molecule has 1 heterocycles. The van der Waals surface area contributed by atoms with Crippen LogP contribution in [0.15, 0.2) is 12.2 Å². The Balaban J connectivity index is 2.17. The van der Waals surface area contributed by atoms with E-state index in [1.807, 2.05) is 6.92 Å². The van der Waals surface area contributed by atoms with Crippen molar-refractivity contribution < 1.29 is 29.0 Å². The highest BCUT2D eigenvalue weighted by Crippen LogP contribution is 2.28. The standard InChI is InChI=1S/C23H36N2O6/c1-4-5-11-18(25-19(26)12-13-20(25)27)22(29)24-17(14-16-9-7-6-8-10-16)21(28)23(30)31-15(2)3/h12-13,15-18,21,28H,4-11,14H2,1-3H3,(H,24,29)/t17-,18-,21+/m0/s1. The van der Waals surface area contributed by atoms with Gasteiger partial charge in [0.05, 0.1) is 12.1 Å². The summed E-state index contributed by atoms with van der Waals surface area (Å²) < 4.78 is 5.15. The number of imide groups is 1. The lowest BCUT2D eigenvalue weighted by Crippen LogP contribution is -2.56. The highest BCUT2D eigenvalue weighted by molar-refractivity contribution is 6.15. The van der Waals surface area contributed by atoms with E-state index in [4.69, 9.17) is 4.74 Å². The van der Waals surface area contributed by atoms with Crippen LogP contribution in [0.25, 0.3) is 0 Å². The van der Waals surface area contributed by atoms with Gasteiger partial charge in [-0.05, 0) is 32.6 Å². The van der Waals surface area contributed by atoms with Crippen LogP contribution in [0, 0.1) is 5.92 Å². The van der Waals surface area contributed by atoms with Gasteiger partial charge in [-0.15, -0.1) is 0 Å². The SMILES string of the molecule is CCCC[C@@H](C(=O)N[C@@H](CC1CCCCC1)[C@@H](O)C(=O)OC(C)C)N1C(=O)C=CC1=O. The number of amides is 3. The van der Waals surface area contributed by atoms with Crippen LogP contribution in [0.4, 0.5) is 0 Å². The van der Waals surface area contributed by atoms with E-state index in [9.17, 15) is 24.3 Å². The summed E-state index contributed by atoms with van der Waals surface area (Å²) in [5, 5.41) is 13.5. The third-order valence-corrected chi connectivity index (χ3v) is 5.90. The monoisotopic (exact) mass is 436 g/mol. The molecule has 3 atom stereocenters. The summed E-state index contributed by atoms with van der Waals surface area (Å²) >= 11 is 0. The number of carbonyl (C=O) groups excluding carboxylic acids is 4. The molecule has 1 fully saturated rings. The summed E-state index contributed by atoms with van der Waals surface area (Å²) in [5.41, 5.74) is 0. The van der Waals surface area contributed by atoms with Crippen LogP contribution >= 0.6 is 0 Å². The molecule has 0 spiro atoms. The van der Waals surface area contributed by atoms with Gasteiger partial charge in [0.25, 0.3) is 11.8 Å². The van der Waals surface area contributed by atoms with Crippen LogP contribution in [-0.2, 0) is 23.9 Å². The maximum Gasteiger partial charge on any atom is 0.337 e. The van der Waals surface area contributed by atoms with E-state index in [1.54, 1.807) is 13.8 Å². The molecule has 1 saturated carbocycles. The first kappa shape index (κ1) is 25.0. The molecule has 0 aromatic rings. The van der Waals surface area contributed by atoms with Gasteiger partial charge in [-0.1, -0.05) is 51.9 Å². The Labute approximate surface area is 184 Å². The number of aliphatic hydroxyl groups excluding tert-OH is 1. The van der Waals surface area contributed by atoms with Crippen molar-refractivity contribution in [3.8, 4) is 0 Å². The highest BCUT2D eigenvalue weighted by Gasteiger charge is 2.38. The fourth-order valence-corrected chi connectivity index (χ4v) is 4.29. The van der Waals surface area contributed by atoms with Gasteiger partial charge in [0.15, 0.2) is 6.10 Å². The fourth-order valence-electron chi connectivity index (χ4n) is 4.29. The molecule has 2 N–H and O–H groups in total. The molecule has 2 rings (SSSR count). The first-order valence-corrected chi connectivity index (χ1v) is 11.5. The lowest BCUT2D eigenvalue weighted by atomic mass is 9.83. The molecule has 0 unspecified atom stereocenters. The average molecular weight is 437 g/mol. The summed E-state index contributed by atoms with van der Waals surface area (Å²) in [4.78, 5) is 50.9. The molecule has 0 aromatic heterocycles. The number of hydrogen-bond donors (Lipinski definition) is 2. The topological polar surface area (TPSA) is 113 Å². The minimum atomic E-state index is -1.51. The summed E-state index contributed by atoms with van der Waals surface area (Å²) in [6.07, 6.45) is 7.91. The summed E-state index contributed by atoms with van der Waals surface area (Å²) in [5.74, 6) is -2.08. The number of nitrogens with zero attached hydrogens (tertiary/aromatic N) is 1. The maximum absolute atomic E-state index is 13.2. The minimum Gasteiger partial charge on any atom is -0.461 e. The molecule has 0 saturated heterocycles. The molecule has 2 aliphatic rings. The quantitative estimate of drug-likeness (QED) is 0.379. The third-order valence-electron chi connectivity index (χ3n) is 5.90. The van der Waals surface area contributed by atoms with Crippen molar-refractivity contribution in [2.75, 3.05) is 0 Å². The van der Waals surface area contributed by atoms with Crippen molar-refractivity contribution >= 4 is 23.7 Å². The molecule has 3 amide bonds. The van der Waals surface area contributed by atoms with Crippen LogP contribution in [-0.4, -0.2) is 58.0 Å². The number of unbranched alkanes of at least 4 members (excludes halogenated alkanes) is 1. The van der Waals surface area contributed by atoms with E-state index < -0.39 is 48.0 Å². The van der Waals surface area contributed by atoms with Crippen molar-refractivity contribution in [3.05, 3.63) is 12.2 Å². The van der Waals surface area contributed by atoms with Crippen molar-refractivity contribution in [2.45, 2.75) is 103 Å². The molecular weight excluding hydrogens is 400 g/mol. The second-order valence-corrected chi connectivity index (χ2v) is 8.82. The van der Waals surface area contributed by atoms with Crippen molar-refractivity contribution in [3.63, 3.8) is 0 Å². The van der Waals surface area contributed by atoms with Gasteiger partial charge in [0.2, 0.25) is 5.91 Å². The number of aliphatic hydroxyl groups is 1. The van der Waals surface area contributed by atoms with Crippen LogP contribution in [0.1, 0.15) is 78.6 Å². The maximum atomic E-state index is 13.2. The smallest absolute Gasteiger partial charge is 0.337 e. The molecular formula is C23H36N2O6. The van der Waals surface area contributed by atoms with Gasteiger partial charge < -0.3 is 15.2 Å². The number of ether oxygens (including phenoxy) is 1. The molecule has 0 aromatic carbocycles. The van der Waals surface area contributed by atoms with Crippen LogP contribution < -0.4 is 5.32 Å². The van der Waals surface area contributed by atoms with E-state index in [2.05, 4.69) is 5.32 Å². The lowest BCUT2D eigenvalue weighted by Gasteiger charge is -2.32. The van der Waals surface area contributed by atoms with Crippen molar-refractivity contribution in [1.82, 2.24) is 10.2 Å². The largest absolute Gasteiger partial charge is 0.461 e. The van der Waals surface area contributed by atoms with Gasteiger partial charge in [-0.2, -0.15) is 0 Å². The van der Waals surface area contributed by atoms with E-state index >= 15 is 0 Å². The highest BCUT2D eigenvalue weighted by atomic mass is 16.6. The Hall–Kier alpha value is -2.22. The molecule has 0 bridgehead atoms. The zero-order chi connectivity index (χ0) is 23.0. The van der Waals surface area contributed by atoms with Gasteiger partial charge in [-0.25, -0.2) is 4.79 Å².